The Morgan fingerprint density at radius 3 is 2.53 bits per heavy atom. The molecular weight excluding hydrogens is 186 g/mol. The molecule has 1 aromatic heterocycles. The van der Waals surface area contributed by atoms with E-state index in [1.807, 2.05) is 12.4 Å². The highest BCUT2D eigenvalue weighted by molar-refractivity contribution is 5.16. The van der Waals surface area contributed by atoms with Gasteiger partial charge in [-0.1, -0.05) is 13.8 Å². The fourth-order valence-corrected chi connectivity index (χ4v) is 2.20. The third kappa shape index (κ3) is 2.57. The second-order valence-corrected chi connectivity index (χ2v) is 4.24. The first-order valence-corrected chi connectivity index (χ1v) is 5.90. The maximum Gasteiger partial charge on any atom is 0.0847 e. The minimum atomic E-state index is 0.508. The van der Waals surface area contributed by atoms with Crippen molar-refractivity contribution in [1.29, 1.82) is 0 Å². The van der Waals surface area contributed by atoms with E-state index in [2.05, 4.69) is 31.0 Å². The quantitative estimate of drug-likeness (QED) is 0.690. The number of rotatable bonds is 5. The van der Waals surface area contributed by atoms with Crippen molar-refractivity contribution in [3.05, 3.63) is 30.1 Å². The predicted molar refractivity (Wildman–Crippen MR) is 60.8 cm³/mol. The van der Waals surface area contributed by atoms with Crippen molar-refractivity contribution in [2.75, 3.05) is 0 Å². The molecule has 3 atom stereocenters. The van der Waals surface area contributed by atoms with Crippen LogP contribution in [-0.4, -0.2) is 17.2 Å². The summed E-state index contributed by atoms with van der Waals surface area (Å²) in [5.74, 6) is 0.634. The van der Waals surface area contributed by atoms with Crippen LogP contribution in [0.2, 0.25) is 0 Å². The molecule has 1 aromatic rings. The Morgan fingerprint density at radius 1 is 1.27 bits per heavy atom. The molecule has 1 fully saturated rings. The zero-order valence-corrected chi connectivity index (χ0v) is 9.52. The Balaban J connectivity index is 1.94. The third-order valence-corrected chi connectivity index (χ3v) is 3.28. The van der Waals surface area contributed by atoms with Gasteiger partial charge in [0.15, 0.2) is 0 Å². The van der Waals surface area contributed by atoms with E-state index < -0.39 is 0 Å². The zero-order chi connectivity index (χ0) is 10.7. The fraction of sp³-hybridized carbons (Fsp3) is 0.615. The molecule has 3 unspecified atom stereocenters. The molecule has 2 heterocycles. The Hall–Kier alpha value is -0.890. The van der Waals surface area contributed by atoms with Crippen LogP contribution in [0.3, 0.4) is 0 Å². The lowest BCUT2D eigenvalue weighted by Gasteiger charge is -2.13. The summed E-state index contributed by atoms with van der Waals surface area (Å²) in [6.07, 6.45) is 8.29. The van der Waals surface area contributed by atoms with Crippen LogP contribution in [0, 0.1) is 0 Å². The summed E-state index contributed by atoms with van der Waals surface area (Å²) in [5.41, 5.74) is 1.40. The maximum absolute atomic E-state index is 5.60. The van der Waals surface area contributed by atoms with Gasteiger partial charge in [0.25, 0.3) is 0 Å². The zero-order valence-electron chi connectivity index (χ0n) is 9.52. The van der Waals surface area contributed by atoms with Gasteiger partial charge in [-0.25, -0.2) is 0 Å². The van der Waals surface area contributed by atoms with Gasteiger partial charge in [0, 0.05) is 12.4 Å². The van der Waals surface area contributed by atoms with E-state index in [0.29, 0.717) is 18.1 Å². The van der Waals surface area contributed by atoms with Crippen molar-refractivity contribution in [2.24, 2.45) is 0 Å². The molecule has 0 saturated carbocycles. The molecule has 0 N–H and O–H groups in total. The van der Waals surface area contributed by atoms with Gasteiger partial charge in [0.05, 0.1) is 12.2 Å². The average Bonchev–Trinajstić information content (AvgIpc) is 3.05. The molecule has 2 heteroatoms. The van der Waals surface area contributed by atoms with Crippen molar-refractivity contribution in [3.63, 3.8) is 0 Å². The summed E-state index contributed by atoms with van der Waals surface area (Å²) >= 11 is 0. The van der Waals surface area contributed by atoms with Gasteiger partial charge in [0.1, 0.15) is 0 Å². The smallest absolute Gasteiger partial charge is 0.0847 e. The number of epoxide rings is 1. The molecule has 0 radical (unpaired) electrons. The SMILES string of the molecule is CCC(CC1OC1CC)c1ccncc1. The number of pyridine rings is 1. The highest BCUT2D eigenvalue weighted by Gasteiger charge is 2.38. The molecule has 15 heavy (non-hydrogen) atoms. The van der Waals surface area contributed by atoms with E-state index in [1.165, 1.54) is 18.4 Å². The van der Waals surface area contributed by atoms with Crippen molar-refractivity contribution in [3.8, 4) is 0 Å². The predicted octanol–water partition coefficient (Wildman–Crippen LogP) is 3.14. The first kappa shape index (κ1) is 10.6. The molecule has 0 aromatic carbocycles. The standard InChI is InChI=1S/C13H19NO/c1-3-10(9-13-12(4-2)15-13)11-5-7-14-8-6-11/h5-8,10,12-13H,3-4,9H2,1-2H3. The summed E-state index contributed by atoms with van der Waals surface area (Å²) < 4.78 is 5.60. The van der Waals surface area contributed by atoms with Crippen LogP contribution in [-0.2, 0) is 4.74 Å². The van der Waals surface area contributed by atoms with Crippen LogP contribution in [0.15, 0.2) is 24.5 Å². The largest absolute Gasteiger partial charge is 0.370 e. The minimum Gasteiger partial charge on any atom is -0.370 e. The minimum absolute atomic E-state index is 0.508. The highest BCUT2D eigenvalue weighted by atomic mass is 16.6. The van der Waals surface area contributed by atoms with Crippen LogP contribution in [0.1, 0.15) is 44.6 Å². The first-order valence-electron chi connectivity index (χ1n) is 5.90. The average molecular weight is 205 g/mol. The summed E-state index contributed by atoms with van der Waals surface area (Å²) in [4.78, 5) is 4.06. The second kappa shape index (κ2) is 4.75. The van der Waals surface area contributed by atoms with Crippen molar-refractivity contribution < 1.29 is 4.74 Å². The third-order valence-electron chi connectivity index (χ3n) is 3.28. The molecule has 1 saturated heterocycles. The number of aromatic nitrogens is 1. The van der Waals surface area contributed by atoms with E-state index in [-0.39, 0.29) is 0 Å². The lowest BCUT2D eigenvalue weighted by Crippen LogP contribution is -2.03. The summed E-state index contributed by atoms with van der Waals surface area (Å²) in [6, 6.07) is 4.25. The Morgan fingerprint density at radius 2 is 2.00 bits per heavy atom. The molecule has 0 aliphatic carbocycles. The van der Waals surface area contributed by atoms with E-state index in [0.717, 1.165) is 6.42 Å². The van der Waals surface area contributed by atoms with Gasteiger partial charge in [-0.15, -0.1) is 0 Å². The van der Waals surface area contributed by atoms with Gasteiger partial charge >= 0.3 is 0 Å². The second-order valence-electron chi connectivity index (χ2n) is 4.24. The van der Waals surface area contributed by atoms with Crippen LogP contribution < -0.4 is 0 Å². The Bertz CT molecular complexity index is 299. The topological polar surface area (TPSA) is 25.4 Å². The number of hydrogen-bond donors (Lipinski definition) is 0. The van der Waals surface area contributed by atoms with Crippen molar-refractivity contribution >= 4 is 0 Å². The lowest BCUT2D eigenvalue weighted by molar-refractivity contribution is 0.349. The monoisotopic (exact) mass is 205 g/mol. The molecule has 0 amide bonds. The summed E-state index contributed by atoms with van der Waals surface area (Å²) in [6.45, 7) is 4.44. The normalized spacial score (nSPS) is 26.3. The first-order chi connectivity index (χ1) is 7.35. The molecule has 1 aliphatic rings. The molecule has 2 nitrogen and oxygen atoms in total. The Kier molecular flexibility index (Phi) is 3.37. The molecule has 1 aliphatic heterocycles. The van der Waals surface area contributed by atoms with Crippen LogP contribution in [0.4, 0.5) is 0 Å². The van der Waals surface area contributed by atoms with Gasteiger partial charge in [0.2, 0.25) is 0 Å². The van der Waals surface area contributed by atoms with Crippen molar-refractivity contribution in [1.82, 2.24) is 4.98 Å². The van der Waals surface area contributed by atoms with Crippen LogP contribution in [0.5, 0.6) is 0 Å². The summed E-state index contributed by atoms with van der Waals surface area (Å²) in [5, 5.41) is 0. The molecule has 2 rings (SSSR count). The van der Waals surface area contributed by atoms with Gasteiger partial charge in [-0.05, 0) is 42.9 Å². The Labute approximate surface area is 91.7 Å². The number of hydrogen-bond acceptors (Lipinski definition) is 2. The van der Waals surface area contributed by atoms with Crippen LogP contribution >= 0.6 is 0 Å². The molecular formula is C13H19NO. The highest BCUT2D eigenvalue weighted by Crippen LogP contribution is 2.35. The van der Waals surface area contributed by atoms with E-state index in [9.17, 15) is 0 Å². The van der Waals surface area contributed by atoms with Gasteiger partial charge < -0.3 is 4.74 Å². The van der Waals surface area contributed by atoms with E-state index >= 15 is 0 Å². The maximum atomic E-state index is 5.60. The fourth-order valence-electron chi connectivity index (χ4n) is 2.20. The lowest BCUT2D eigenvalue weighted by atomic mass is 9.92. The number of nitrogens with zero attached hydrogens (tertiary/aromatic N) is 1. The molecule has 0 bridgehead atoms. The van der Waals surface area contributed by atoms with E-state index in [1.54, 1.807) is 0 Å². The van der Waals surface area contributed by atoms with Gasteiger partial charge in [-0.2, -0.15) is 0 Å². The van der Waals surface area contributed by atoms with Crippen molar-refractivity contribution in [2.45, 2.75) is 51.2 Å². The van der Waals surface area contributed by atoms with Crippen LogP contribution in [0.25, 0.3) is 0 Å². The van der Waals surface area contributed by atoms with E-state index in [4.69, 9.17) is 4.74 Å². The van der Waals surface area contributed by atoms with Gasteiger partial charge in [-0.3, -0.25) is 4.98 Å². The molecule has 82 valence electrons. The number of ether oxygens (including phenoxy) is 1. The summed E-state index contributed by atoms with van der Waals surface area (Å²) in [7, 11) is 0. The molecule has 0 spiro atoms.